The second-order valence-corrected chi connectivity index (χ2v) is 6.96. The zero-order chi connectivity index (χ0) is 17.4. The monoisotopic (exact) mass is 339 g/mol. The highest BCUT2D eigenvalue weighted by Gasteiger charge is 2.15. The van der Waals surface area contributed by atoms with Crippen LogP contribution in [0.1, 0.15) is 20.8 Å². The fourth-order valence-electron chi connectivity index (χ4n) is 2.70. The van der Waals surface area contributed by atoms with Gasteiger partial charge in [-0.15, -0.1) is 0 Å². The minimum atomic E-state index is -0.211. The molecule has 0 radical (unpaired) electrons. The molecule has 1 aliphatic heterocycles. The van der Waals surface area contributed by atoms with E-state index < -0.39 is 0 Å². The fourth-order valence-corrected chi connectivity index (χ4v) is 2.70. The second-order valence-electron chi connectivity index (χ2n) is 6.96. The Hall–Kier alpha value is -2.89. The van der Waals surface area contributed by atoms with Gasteiger partial charge in [0.2, 0.25) is 5.95 Å². The summed E-state index contributed by atoms with van der Waals surface area (Å²) in [6.45, 7) is 7.22. The second kappa shape index (κ2) is 5.88. The first-order valence-corrected chi connectivity index (χ1v) is 8.32. The molecule has 1 aromatic heterocycles. The molecule has 1 aliphatic rings. The Labute approximate surface area is 146 Å². The number of hydrogen-bond donors (Lipinski definition) is 2. The number of benzene rings is 2. The highest BCUT2D eigenvalue weighted by molar-refractivity contribution is 5.82. The van der Waals surface area contributed by atoms with Gasteiger partial charge in [-0.3, -0.25) is 0 Å². The summed E-state index contributed by atoms with van der Waals surface area (Å²) in [6.07, 6.45) is 0. The van der Waals surface area contributed by atoms with Crippen molar-refractivity contribution in [2.75, 3.05) is 18.5 Å². The smallest absolute Gasteiger partial charge is 0.205 e. The molecule has 0 unspecified atom stereocenters. The number of aromatic nitrogens is 2. The molecule has 0 amide bonds. The van der Waals surface area contributed by atoms with Crippen molar-refractivity contribution < 1.29 is 14.2 Å². The van der Waals surface area contributed by atoms with Crippen LogP contribution in [0.5, 0.6) is 17.2 Å². The van der Waals surface area contributed by atoms with Gasteiger partial charge in [0, 0.05) is 17.8 Å². The van der Waals surface area contributed by atoms with E-state index in [0.717, 1.165) is 34.0 Å². The molecule has 0 saturated heterocycles. The van der Waals surface area contributed by atoms with E-state index in [1.54, 1.807) is 0 Å². The van der Waals surface area contributed by atoms with E-state index in [4.69, 9.17) is 14.2 Å². The molecule has 0 bridgehead atoms. The van der Waals surface area contributed by atoms with Crippen LogP contribution < -0.4 is 19.5 Å². The molecule has 0 aliphatic carbocycles. The largest absolute Gasteiger partial charge is 0.488 e. The van der Waals surface area contributed by atoms with E-state index in [0.29, 0.717) is 19.2 Å². The molecule has 130 valence electrons. The third-order valence-corrected chi connectivity index (χ3v) is 3.69. The maximum atomic E-state index is 5.83. The zero-order valence-electron chi connectivity index (χ0n) is 14.6. The predicted octanol–water partition coefficient (Wildman–Crippen LogP) is 4.26. The Morgan fingerprint density at radius 3 is 2.40 bits per heavy atom. The van der Waals surface area contributed by atoms with Gasteiger partial charge in [-0.05, 0) is 45.0 Å². The number of nitrogens with zero attached hydrogens (tertiary/aromatic N) is 1. The van der Waals surface area contributed by atoms with Gasteiger partial charge in [0.25, 0.3) is 0 Å². The Bertz CT molecular complexity index is 852. The van der Waals surface area contributed by atoms with Crippen molar-refractivity contribution in [2.45, 2.75) is 26.4 Å². The van der Waals surface area contributed by atoms with E-state index in [1.165, 1.54) is 0 Å². The first-order chi connectivity index (χ1) is 12.0. The van der Waals surface area contributed by atoms with E-state index in [9.17, 15) is 0 Å². The standard InChI is InChI=1S/C19H21N3O3/c1-19(2,3)25-13-6-4-12(5-7-13)20-18-21-14-10-16-17(11-15(14)22-18)24-9-8-23-16/h4-7,10-11H,8-9H2,1-3H3,(H2,20,21,22). The van der Waals surface area contributed by atoms with Crippen molar-refractivity contribution >= 4 is 22.7 Å². The molecule has 0 saturated carbocycles. The van der Waals surface area contributed by atoms with Gasteiger partial charge in [-0.2, -0.15) is 0 Å². The summed E-state index contributed by atoms with van der Waals surface area (Å²) in [5.41, 5.74) is 2.45. The highest BCUT2D eigenvalue weighted by Crippen LogP contribution is 2.34. The summed E-state index contributed by atoms with van der Waals surface area (Å²) in [6, 6.07) is 11.6. The average Bonchev–Trinajstić information content (AvgIpc) is 2.94. The van der Waals surface area contributed by atoms with Gasteiger partial charge in [0.1, 0.15) is 24.6 Å². The number of H-pyrrole nitrogens is 1. The van der Waals surface area contributed by atoms with Crippen molar-refractivity contribution in [1.82, 2.24) is 9.97 Å². The van der Waals surface area contributed by atoms with Crippen LogP contribution in [0.2, 0.25) is 0 Å². The molecule has 3 aromatic rings. The summed E-state index contributed by atoms with van der Waals surface area (Å²) in [4.78, 5) is 7.82. The van der Waals surface area contributed by atoms with Crippen molar-refractivity contribution in [2.24, 2.45) is 0 Å². The van der Waals surface area contributed by atoms with Crippen molar-refractivity contribution in [1.29, 1.82) is 0 Å². The van der Waals surface area contributed by atoms with Crippen LogP contribution in [0.25, 0.3) is 11.0 Å². The average molecular weight is 339 g/mol. The number of imidazole rings is 1. The van der Waals surface area contributed by atoms with Crippen LogP contribution in [0.3, 0.4) is 0 Å². The highest BCUT2D eigenvalue weighted by atomic mass is 16.6. The molecule has 2 aromatic carbocycles. The van der Waals surface area contributed by atoms with Crippen LogP contribution in [0.4, 0.5) is 11.6 Å². The summed E-state index contributed by atoms with van der Waals surface area (Å²) in [5.74, 6) is 2.99. The maximum absolute atomic E-state index is 5.83. The van der Waals surface area contributed by atoms with Crippen molar-refractivity contribution in [3.8, 4) is 17.2 Å². The lowest BCUT2D eigenvalue weighted by Gasteiger charge is -2.21. The molecule has 0 atom stereocenters. The summed E-state index contributed by atoms with van der Waals surface area (Å²) < 4.78 is 17.0. The normalized spacial score (nSPS) is 13.7. The molecule has 0 spiro atoms. The van der Waals surface area contributed by atoms with E-state index in [2.05, 4.69) is 15.3 Å². The lowest BCUT2D eigenvalue weighted by atomic mass is 10.2. The Kier molecular flexibility index (Phi) is 3.67. The third-order valence-electron chi connectivity index (χ3n) is 3.69. The minimum Gasteiger partial charge on any atom is -0.488 e. The first kappa shape index (κ1) is 15.6. The van der Waals surface area contributed by atoms with Crippen molar-refractivity contribution in [3.05, 3.63) is 36.4 Å². The van der Waals surface area contributed by atoms with Gasteiger partial charge in [0.15, 0.2) is 11.5 Å². The molecule has 6 nitrogen and oxygen atoms in total. The number of rotatable bonds is 3. The van der Waals surface area contributed by atoms with E-state index >= 15 is 0 Å². The quantitative estimate of drug-likeness (QED) is 0.746. The van der Waals surface area contributed by atoms with Crippen LogP contribution in [-0.2, 0) is 0 Å². The lowest BCUT2D eigenvalue weighted by Crippen LogP contribution is -2.22. The van der Waals surface area contributed by atoms with Crippen molar-refractivity contribution in [3.63, 3.8) is 0 Å². The molecule has 25 heavy (non-hydrogen) atoms. The molecule has 4 rings (SSSR count). The summed E-state index contributed by atoms with van der Waals surface area (Å²) in [7, 11) is 0. The third kappa shape index (κ3) is 3.47. The fraction of sp³-hybridized carbons (Fsp3) is 0.316. The molecule has 0 fully saturated rings. The molecular formula is C19H21N3O3. The first-order valence-electron chi connectivity index (χ1n) is 8.32. The summed E-state index contributed by atoms with van der Waals surface area (Å²) >= 11 is 0. The van der Waals surface area contributed by atoms with Gasteiger partial charge < -0.3 is 24.5 Å². The van der Waals surface area contributed by atoms with Crippen LogP contribution >= 0.6 is 0 Å². The maximum Gasteiger partial charge on any atom is 0.205 e. The molecule has 2 N–H and O–H groups in total. The van der Waals surface area contributed by atoms with Gasteiger partial charge in [0.05, 0.1) is 11.0 Å². The SMILES string of the molecule is CC(C)(C)Oc1ccc(Nc2nc3cc4c(cc3[nH]2)OCCO4)cc1. The Morgan fingerprint density at radius 1 is 1.04 bits per heavy atom. The number of aromatic amines is 1. The summed E-state index contributed by atoms with van der Waals surface area (Å²) in [5, 5.41) is 3.27. The van der Waals surface area contributed by atoms with E-state index in [-0.39, 0.29) is 5.60 Å². The van der Waals surface area contributed by atoms with Gasteiger partial charge in [-0.1, -0.05) is 0 Å². The minimum absolute atomic E-state index is 0.211. The zero-order valence-corrected chi connectivity index (χ0v) is 14.6. The molecule has 6 heteroatoms. The predicted molar refractivity (Wildman–Crippen MR) is 97.2 cm³/mol. The number of nitrogens with one attached hydrogen (secondary N) is 2. The van der Waals surface area contributed by atoms with Gasteiger partial charge in [-0.25, -0.2) is 4.98 Å². The molecule has 2 heterocycles. The molecular weight excluding hydrogens is 318 g/mol. The lowest BCUT2D eigenvalue weighted by molar-refractivity contribution is 0.131. The van der Waals surface area contributed by atoms with Crippen LogP contribution in [0.15, 0.2) is 36.4 Å². The number of anilines is 2. The number of hydrogen-bond acceptors (Lipinski definition) is 5. The van der Waals surface area contributed by atoms with E-state index in [1.807, 2.05) is 57.2 Å². The van der Waals surface area contributed by atoms with Crippen LogP contribution in [-0.4, -0.2) is 28.8 Å². The Balaban J connectivity index is 1.54. The number of fused-ring (bicyclic) bond motifs is 2. The van der Waals surface area contributed by atoms with Gasteiger partial charge >= 0.3 is 0 Å². The Morgan fingerprint density at radius 2 is 1.72 bits per heavy atom. The topological polar surface area (TPSA) is 68.4 Å². The van der Waals surface area contributed by atoms with Crippen LogP contribution in [0, 0.1) is 0 Å². The number of ether oxygens (including phenoxy) is 3.